The molecular weight excluding hydrogens is 228 g/mol. The number of hydrogen-bond acceptors (Lipinski definition) is 3. The highest BCUT2D eigenvalue weighted by Gasteiger charge is 2.10. The number of benzene rings is 1. The van der Waals surface area contributed by atoms with Crippen molar-refractivity contribution in [2.75, 3.05) is 5.75 Å². The summed E-state index contributed by atoms with van der Waals surface area (Å²) in [5, 5.41) is 8.36. The number of carboxylic acid groups (broad SMARTS) is 1. The lowest BCUT2D eigenvalue weighted by Gasteiger charge is -1.99. The SMILES string of the molecule is O=C(O)C/C=C/CS(=O)(=O)c1ccccc1. The fraction of sp³-hybridized carbons (Fsp3) is 0.182. The predicted octanol–water partition coefficient (Wildman–Crippen LogP) is 1.49. The van der Waals surface area contributed by atoms with E-state index < -0.39 is 15.8 Å². The van der Waals surface area contributed by atoms with Gasteiger partial charge in [-0.25, -0.2) is 8.42 Å². The van der Waals surface area contributed by atoms with Crippen LogP contribution < -0.4 is 0 Å². The summed E-state index contributed by atoms with van der Waals surface area (Å²) in [6, 6.07) is 8.06. The van der Waals surface area contributed by atoms with Gasteiger partial charge in [0.05, 0.1) is 17.1 Å². The average Bonchev–Trinajstić information content (AvgIpc) is 2.26. The van der Waals surface area contributed by atoms with Crippen molar-refractivity contribution in [2.45, 2.75) is 11.3 Å². The van der Waals surface area contributed by atoms with Crippen LogP contribution in [-0.4, -0.2) is 25.2 Å². The Morgan fingerprint density at radius 3 is 2.38 bits per heavy atom. The summed E-state index contributed by atoms with van der Waals surface area (Å²) in [6.45, 7) is 0. The molecule has 0 unspecified atom stereocenters. The summed E-state index contributed by atoms with van der Waals surface area (Å²) in [6.07, 6.45) is 2.53. The summed E-state index contributed by atoms with van der Waals surface area (Å²) >= 11 is 0. The maximum atomic E-state index is 11.7. The van der Waals surface area contributed by atoms with Gasteiger partial charge in [0.25, 0.3) is 0 Å². The molecule has 0 radical (unpaired) electrons. The van der Waals surface area contributed by atoms with E-state index >= 15 is 0 Å². The topological polar surface area (TPSA) is 71.4 Å². The van der Waals surface area contributed by atoms with Gasteiger partial charge in [0.2, 0.25) is 0 Å². The van der Waals surface area contributed by atoms with Gasteiger partial charge < -0.3 is 5.11 Å². The normalized spacial score (nSPS) is 11.8. The molecule has 0 aliphatic carbocycles. The molecule has 0 bridgehead atoms. The molecule has 0 atom stereocenters. The van der Waals surface area contributed by atoms with Crippen molar-refractivity contribution in [3.8, 4) is 0 Å². The fourth-order valence-corrected chi connectivity index (χ4v) is 2.26. The average molecular weight is 240 g/mol. The van der Waals surface area contributed by atoms with Crippen molar-refractivity contribution in [2.24, 2.45) is 0 Å². The highest BCUT2D eigenvalue weighted by Crippen LogP contribution is 2.10. The number of rotatable bonds is 5. The molecule has 1 rings (SSSR count). The van der Waals surface area contributed by atoms with Crippen molar-refractivity contribution in [3.63, 3.8) is 0 Å². The quantitative estimate of drug-likeness (QED) is 0.791. The standard InChI is InChI=1S/C11H12O4S/c12-11(13)8-4-5-9-16(14,15)10-6-2-1-3-7-10/h1-7H,8-9H2,(H,12,13)/b5-4+. The summed E-state index contributed by atoms with van der Waals surface area (Å²) in [4.78, 5) is 10.4. The Morgan fingerprint density at radius 1 is 1.19 bits per heavy atom. The number of sulfone groups is 1. The zero-order valence-electron chi connectivity index (χ0n) is 8.54. The largest absolute Gasteiger partial charge is 0.481 e. The van der Waals surface area contributed by atoms with Gasteiger partial charge >= 0.3 is 5.97 Å². The minimum Gasteiger partial charge on any atom is -0.481 e. The van der Waals surface area contributed by atoms with Crippen molar-refractivity contribution in [3.05, 3.63) is 42.5 Å². The van der Waals surface area contributed by atoms with Crippen LogP contribution >= 0.6 is 0 Å². The van der Waals surface area contributed by atoms with E-state index in [0.717, 1.165) is 0 Å². The third-order valence-electron chi connectivity index (χ3n) is 1.88. The van der Waals surface area contributed by atoms with E-state index in [0.29, 0.717) is 0 Å². The summed E-state index contributed by atoms with van der Waals surface area (Å²) < 4.78 is 23.4. The Balaban J connectivity index is 2.67. The molecule has 0 aromatic heterocycles. The van der Waals surface area contributed by atoms with Crippen molar-refractivity contribution in [1.29, 1.82) is 0 Å². The molecule has 0 amide bonds. The van der Waals surface area contributed by atoms with Gasteiger partial charge in [0.1, 0.15) is 0 Å². The number of aliphatic carboxylic acids is 1. The Labute approximate surface area is 94.1 Å². The minimum atomic E-state index is -3.34. The Bertz CT molecular complexity index is 474. The van der Waals surface area contributed by atoms with Gasteiger partial charge in [-0.3, -0.25) is 4.79 Å². The first-order valence-corrected chi connectivity index (χ1v) is 6.32. The Hall–Kier alpha value is -1.62. The lowest BCUT2D eigenvalue weighted by Crippen LogP contribution is -2.04. The van der Waals surface area contributed by atoms with Crippen molar-refractivity contribution >= 4 is 15.8 Å². The monoisotopic (exact) mass is 240 g/mol. The van der Waals surface area contributed by atoms with Crippen molar-refractivity contribution in [1.82, 2.24) is 0 Å². The lowest BCUT2D eigenvalue weighted by atomic mass is 10.4. The molecule has 16 heavy (non-hydrogen) atoms. The molecule has 0 saturated heterocycles. The van der Waals surface area contributed by atoms with E-state index in [1.54, 1.807) is 18.2 Å². The van der Waals surface area contributed by atoms with Gasteiger partial charge in [-0.05, 0) is 12.1 Å². The molecule has 0 heterocycles. The summed E-state index contributed by atoms with van der Waals surface area (Å²) in [5.41, 5.74) is 0. The van der Waals surface area contributed by atoms with Crippen LogP contribution in [0.15, 0.2) is 47.4 Å². The van der Waals surface area contributed by atoms with Crippen LogP contribution in [0.2, 0.25) is 0 Å². The molecule has 0 spiro atoms. The highest BCUT2D eigenvalue weighted by molar-refractivity contribution is 7.91. The second-order valence-electron chi connectivity index (χ2n) is 3.16. The molecule has 0 aliphatic rings. The molecule has 5 heteroatoms. The zero-order valence-corrected chi connectivity index (χ0v) is 9.35. The first-order valence-electron chi connectivity index (χ1n) is 4.67. The lowest BCUT2D eigenvalue weighted by molar-refractivity contribution is -0.136. The van der Waals surface area contributed by atoms with Gasteiger partial charge in [-0.15, -0.1) is 0 Å². The summed E-state index contributed by atoms with van der Waals surface area (Å²) in [5.74, 6) is -1.15. The molecule has 0 saturated carbocycles. The van der Waals surface area contributed by atoms with Gasteiger partial charge in [0.15, 0.2) is 9.84 Å². The number of carboxylic acids is 1. The van der Waals surface area contributed by atoms with Crippen molar-refractivity contribution < 1.29 is 18.3 Å². The van der Waals surface area contributed by atoms with E-state index in [9.17, 15) is 13.2 Å². The van der Waals surface area contributed by atoms with Crippen LogP contribution in [-0.2, 0) is 14.6 Å². The summed E-state index contributed by atoms with van der Waals surface area (Å²) in [7, 11) is -3.34. The van der Waals surface area contributed by atoms with Gasteiger partial charge in [-0.1, -0.05) is 30.4 Å². The highest BCUT2D eigenvalue weighted by atomic mass is 32.2. The number of carbonyl (C=O) groups is 1. The fourth-order valence-electron chi connectivity index (χ4n) is 1.10. The molecule has 0 aliphatic heterocycles. The minimum absolute atomic E-state index is 0.162. The molecular formula is C11H12O4S. The van der Waals surface area contributed by atoms with E-state index in [2.05, 4.69) is 0 Å². The third-order valence-corrected chi connectivity index (χ3v) is 3.50. The molecule has 1 aromatic carbocycles. The van der Waals surface area contributed by atoms with Gasteiger partial charge in [-0.2, -0.15) is 0 Å². The predicted molar refractivity (Wildman–Crippen MR) is 59.9 cm³/mol. The second kappa shape index (κ2) is 5.46. The third kappa shape index (κ3) is 3.86. The van der Waals surface area contributed by atoms with Crippen LogP contribution in [0.3, 0.4) is 0 Å². The first kappa shape index (κ1) is 12.4. The Morgan fingerprint density at radius 2 is 1.81 bits per heavy atom. The maximum absolute atomic E-state index is 11.7. The second-order valence-corrected chi connectivity index (χ2v) is 5.20. The number of hydrogen-bond donors (Lipinski definition) is 1. The smallest absolute Gasteiger partial charge is 0.307 e. The van der Waals surface area contributed by atoms with E-state index in [1.165, 1.54) is 24.3 Å². The van der Waals surface area contributed by atoms with Crippen LogP contribution in [0, 0.1) is 0 Å². The van der Waals surface area contributed by atoms with E-state index in [1.807, 2.05) is 0 Å². The molecule has 0 fully saturated rings. The van der Waals surface area contributed by atoms with Crippen LogP contribution in [0.5, 0.6) is 0 Å². The van der Waals surface area contributed by atoms with Crippen LogP contribution in [0.1, 0.15) is 6.42 Å². The van der Waals surface area contributed by atoms with Crippen LogP contribution in [0.25, 0.3) is 0 Å². The van der Waals surface area contributed by atoms with E-state index in [4.69, 9.17) is 5.11 Å². The van der Waals surface area contributed by atoms with E-state index in [-0.39, 0.29) is 17.1 Å². The van der Waals surface area contributed by atoms with Crippen LogP contribution in [0.4, 0.5) is 0 Å². The first-order chi connectivity index (χ1) is 7.52. The zero-order chi connectivity index (χ0) is 12.0. The molecule has 1 N–H and O–H groups in total. The maximum Gasteiger partial charge on any atom is 0.307 e. The Kier molecular flexibility index (Phi) is 4.25. The van der Waals surface area contributed by atoms with Gasteiger partial charge in [0, 0.05) is 0 Å². The molecule has 4 nitrogen and oxygen atoms in total. The molecule has 1 aromatic rings. The molecule has 86 valence electrons.